The Morgan fingerprint density at radius 2 is 1.83 bits per heavy atom. The molecule has 0 bridgehead atoms. The molecule has 0 aromatic heterocycles. The zero-order chi connectivity index (χ0) is 19.9. The third-order valence-electron chi connectivity index (χ3n) is 6.30. The Labute approximate surface area is 192 Å². The van der Waals surface area contributed by atoms with Crippen molar-refractivity contribution in [2.24, 2.45) is 23.5 Å². The molecular formula is C22H36Cl2N4O2. The van der Waals surface area contributed by atoms with Crippen LogP contribution in [-0.4, -0.2) is 42.9 Å². The van der Waals surface area contributed by atoms with Gasteiger partial charge in [0.15, 0.2) is 0 Å². The van der Waals surface area contributed by atoms with Crippen LogP contribution in [0.1, 0.15) is 44.6 Å². The first-order valence-electron chi connectivity index (χ1n) is 10.6. The number of nitrogens with zero attached hydrogens (tertiary/aromatic N) is 1. The summed E-state index contributed by atoms with van der Waals surface area (Å²) in [6.07, 6.45) is 4.57. The zero-order valence-corrected chi connectivity index (χ0v) is 19.4. The van der Waals surface area contributed by atoms with Crippen LogP contribution >= 0.6 is 24.8 Å². The lowest BCUT2D eigenvalue weighted by Crippen LogP contribution is -2.38. The number of hydrogen-bond acceptors (Lipinski definition) is 4. The number of halogens is 2. The van der Waals surface area contributed by atoms with Gasteiger partial charge in [0, 0.05) is 24.6 Å². The zero-order valence-electron chi connectivity index (χ0n) is 17.8. The van der Waals surface area contributed by atoms with Gasteiger partial charge in [-0.25, -0.2) is 0 Å². The number of rotatable bonds is 7. The quantitative estimate of drug-likeness (QED) is 0.585. The van der Waals surface area contributed by atoms with E-state index in [4.69, 9.17) is 5.73 Å². The maximum absolute atomic E-state index is 12.5. The standard InChI is InChI=1S/C22H34N4O2.2ClH/c1-16(18-5-9-24-10-6-18)13-21(27)25-20-4-2-3-17(14-20)15-26-11-7-19(8-12-26)22(23)28;;/h2-4,14,16,18-19,24H,5-13,15H2,1H3,(H2,23,28)(H,25,27);2*1H. The number of anilines is 1. The van der Waals surface area contributed by atoms with Gasteiger partial charge in [0.1, 0.15) is 0 Å². The van der Waals surface area contributed by atoms with E-state index >= 15 is 0 Å². The third-order valence-corrected chi connectivity index (χ3v) is 6.30. The van der Waals surface area contributed by atoms with Crippen LogP contribution in [0.2, 0.25) is 0 Å². The minimum atomic E-state index is -0.178. The summed E-state index contributed by atoms with van der Waals surface area (Å²) in [5, 5.41) is 6.46. The van der Waals surface area contributed by atoms with Crippen molar-refractivity contribution < 1.29 is 9.59 Å². The number of carbonyl (C=O) groups excluding carboxylic acids is 2. The van der Waals surface area contributed by atoms with Crippen LogP contribution in [0, 0.1) is 17.8 Å². The van der Waals surface area contributed by atoms with Crippen molar-refractivity contribution in [2.75, 3.05) is 31.5 Å². The van der Waals surface area contributed by atoms with Crippen molar-refractivity contribution >= 4 is 42.3 Å². The van der Waals surface area contributed by atoms with Crippen LogP contribution < -0.4 is 16.4 Å². The van der Waals surface area contributed by atoms with E-state index in [0.717, 1.165) is 64.1 Å². The van der Waals surface area contributed by atoms with Gasteiger partial charge >= 0.3 is 0 Å². The molecule has 1 aromatic rings. The molecule has 30 heavy (non-hydrogen) atoms. The van der Waals surface area contributed by atoms with Crippen molar-refractivity contribution in [3.8, 4) is 0 Å². The number of nitrogens with two attached hydrogens (primary N) is 1. The molecule has 2 heterocycles. The van der Waals surface area contributed by atoms with E-state index in [0.29, 0.717) is 18.3 Å². The molecule has 1 aromatic carbocycles. The number of piperidine rings is 2. The van der Waals surface area contributed by atoms with Crippen LogP contribution in [-0.2, 0) is 16.1 Å². The molecule has 8 heteroatoms. The number of likely N-dealkylation sites (tertiary alicyclic amines) is 1. The molecule has 2 amide bonds. The van der Waals surface area contributed by atoms with Crippen LogP contribution in [0.3, 0.4) is 0 Å². The van der Waals surface area contributed by atoms with E-state index in [9.17, 15) is 9.59 Å². The fraction of sp³-hybridized carbons (Fsp3) is 0.636. The summed E-state index contributed by atoms with van der Waals surface area (Å²) < 4.78 is 0. The van der Waals surface area contributed by atoms with Crippen molar-refractivity contribution in [2.45, 2.75) is 45.6 Å². The normalized spacial score (nSPS) is 19.2. The van der Waals surface area contributed by atoms with Crippen LogP contribution in [0.4, 0.5) is 5.69 Å². The van der Waals surface area contributed by atoms with Crippen LogP contribution in [0.5, 0.6) is 0 Å². The first kappa shape index (κ1) is 26.7. The molecule has 0 saturated carbocycles. The smallest absolute Gasteiger partial charge is 0.224 e. The predicted octanol–water partition coefficient (Wildman–Crippen LogP) is 3.19. The molecular weight excluding hydrogens is 423 g/mol. The summed E-state index contributed by atoms with van der Waals surface area (Å²) in [5.41, 5.74) is 7.46. The summed E-state index contributed by atoms with van der Waals surface area (Å²) in [6, 6.07) is 8.11. The van der Waals surface area contributed by atoms with E-state index in [1.165, 1.54) is 5.56 Å². The number of carbonyl (C=O) groups is 2. The minimum Gasteiger partial charge on any atom is -0.369 e. The number of hydrogen-bond donors (Lipinski definition) is 3. The molecule has 4 N–H and O–H groups in total. The van der Waals surface area contributed by atoms with Crippen LogP contribution in [0.25, 0.3) is 0 Å². The van der Waals surface area contributed by atoms with Crippen molar-refractivity contribution in [3.63, 3.8) is 0 Å². The Hall–Kier alpha value is -1.34. The molecule has 0 radical (unpaired) electrons. The van der Waals surface area contributed by atoms with E-state index < -0.39 is 0 Å². The third kappa shape index (κ3) is 8.06. The highest BCUT2D eigenvalue weighted by molar-refractivity contribution is 5.90. The predicted molar refractivity (Wildman–Crippen MR) is 126 cm³/mol. The maximum Gasteiger partial charge on any atom is 0.224 e. The van der Waals surface area contributed by atoms with Gasteiger partial charge in [-0.05, 0) is 81.4 Å². The Kier molecular flexibility index (Phi) is 11.7. The molecule has 6 nitrogen and oxygen atoms in total. The number of amides is 2. The fourth-order valence-electron chi connectivity index (χ4n) is 4.47. The average molecular weight is 459 g/mol. The van der Waals surface area contributed by atoms with E-state index in [-0.39, 0.29) is 42.5 Å². The second-order valence-electron chi connectivity index (χ2n) is 8.47. The minimum absolute atomic E-state index is 0. The van der Waals surface area contributed by atoms with E-state index in [1.54, 1.807) is 0 Å². The van der Waals surface area contributed by atoms with Crippen molar-refractivity contribution in [1.82, 2.24) is 10.2 Å². The Bertz CT molecular complexity index is 675. The van der Waals surface area contributed by atoms with Gasteiger partial charge in [-0.1, -0.05) is 19.1 Å². The van der Waals surface area contributed by atoms with Gasteiger partial charge in [0.2, 0.25) is 11.8 Å². The number of benzene rings is 1. The first-order chi connectivity index (χ1) is 13.5. The monoisotopic (exact) mass is 458 g/mol. The maximum atomic E-state index is 12.5. The summed E-state index contributed by atoms with van der Waals surface area (Å²) in [5.74, 6) is 0.996. The molecule has 0 aliphatic carbocycles. The lowest BCUT2D eigenvalue weighted by molar-refractivity contribution is -0.123. The van der Waals surface area contributed by atoms with E-state index in [2.05, 4.69) is 34.6 Å². The van der Waals surface area contributed by atoms with Gasteiger partial charge in [-0.3, -0.25) is 14.5 Å². The second kappa shape index (κ2) is 13.2. The highest BCUT2D eigenvalue weighted by Gasteiger charge is 2.24. The number of nitrogens with one attached hydrogen (secondary N) is 2. The Morgan fingerprint density at radius 3 is 2.47 bits per heavy atom. The lowest BCUT2D eigenvalue weighted by Gasteiger charge is -2.30. The second-order valence-corrected chi connectivity index (χ2v) is 8.47. The SMILES string of the molecule is CC(CC(=O)Nc1cccc(CN2CCC(C(N)=O)CC2)c1)C1CCNCC1.Cl.Cl. The Balaban J connectivity index is 0.00000225. The lowest BCUT2D eigenvalue weighted by atomic mass is 9.84. The van der Waals surface area contributed by atoms with Crippen molar-refractivity contribution in [1.29, 1.82) is 0 Å². The van der Waals surface area contributed by atoms with Gasteiger partial charge < -0.3 is 16.4 Å². The Morgan fingerprint density at radius 1 is 1.17 bits per heavy atom. The molecule has 170 valence electrons. The van der Waals surface area contributed by atoms with Crippen molar-refractivity contribution in [3.05, 3.63) is 29.8 Å². The van der Waals surface area contributed by atoms with Gasteiger partial charge in [0.05, 0.1) is 0 Å². The largest absolute Gasteiger partial charge is 0.369 e. The topological polar surface area (TPSA) is 87.5 Å². The van der Waals surface area contributed by atoms with Crippen LogP contribution in [0.15, 0.2) is 24.3 Å². The molecule has 2 saturated heterocycles. The highest BCUT2D eigenvalue weighted by atomic mass is 35.5. The molecule has 0 spiro atoms. The highest BCUT2D eigenvalue weighted by Crippen LogP contribution is 2.25. The molecule has 2 fully saturated rings. The summed E-state index contributed by atoms with van der Waals surface area (Å²) >= 11 is 0. The van der Waals surface area contributed by atoms with Gasteiger partial charge in [-0.2, -0.15) is 0 Å². The van der Waals surface area contributed by atoms with Gasteiger partial charge in [0.25, 0.3) is 0 Å². The number of primary amides is 1. The average Bonchev–Trinajstić information content (AvgIpc) is 2.69. The molecule has 2 aliphatic rings. The van der Waals surface area contributed by atoms with E-state index in [1.807, 2.05) is 12.1 Å². The molecule has 2 aliphatic heterocycles. The molecule has 1 atom stereocenters. The summed E-state index contributed by atoms with van der Waals surface area (Å²) in [4.78, 5) is 26.1. The first-order valence-corrected chi connectivity index (χ1v) is 10.6. The summed E-state index contributed by atoms with van der Waals surface area (Å²) in [6.45, 7) is 6.93. The molecule has 3 rings (SSSR count). The fourth-order valence-corrected chi connectivity index (χ4v) is 4.47. The van der Waals surface area contributed by atoms with Gasteiger partial charge in [-0.15, -0.1) is 24.8 Å². The summed E-state index contributed by atoms with van der Waals surface area (Å²) in [7, 11) is 0. The molecule has 1 unspecified atom stereocenters.